The van der Waals surface area contributed by atoms with Gasteiger partial charge in [0.05, 0.1) is 17.6 Å². The third kappa shape index (κ3) is 4.13. The van der Waals surface area contributed by atoms with Crippen LogP contribution in [0.15, 0.2) is 24.3 Å². The standard InChI is InChI=1S/C15H24N2O2S/c1-11-8-9-13(12(2)10-11)16-14-6-4-5-7-15(14)17-20(3,18)19/h4-7,11-13,16-17H,8-10H2,1-3H3. The fourth-order valence-electron chi connectivity index (χ4n) is 2.98. The van der Waals surface area contributed by atoms with Crippen LogP contribution in [0.3, 0.4) is 0 Å². The number of benzene rings is 1. The summed E-state index contributed by atoms with van der Waals surface area (Å²) < 4.78 is 25.4. The fourth-order valence-corrected chi connectivity index (χ4v) is 3.55. The molecule has 0 aliphatic heterocycles. The molecule has 2 rings (SSSR count). The van der Waals surface area contributed by atoms with Gasteiger partial charge in [0.25, 0.3) is 0 Å². The van der Waals surface area contributed by atoms with Crippen molar-refractivity contribution in [3.8, 4) is 0 Å². The molecule has 1 aromatic rings. The molecule has 1 saturated carbocycles. The zero-order chi connectivity index (χ0) is 14.8. The Balaban J connectivity index is 2.13. The first kappa shape index (κ1) is 15.2. The highest BCUT2D eigenvalue weighted by molar-refractivity contribution is 7.92. The van der Waals surface area contributed by atoms with Gasteiger partial charge in [0.15, 0.2) is 0 Å². The summed E-state index contributed by atoms with van der Waals surface area (Å²) in [5, 5.41) is 3.52. The number of anilines is 2. The Kier molecular flexibility index (Phi) is 4.58. The quantitative estimate of drug-likeness (QED) is 0.896. The first-order valence-corrected chi connectivity index (χ1v) is 9.07. The molecule has 1 fully saturated rings. The van der Waals surface area contributed by atoms with Gasteiger partial charge >= 0.3 is 0 Å². The summed E-state index contributed by atoms with van der Waals surface area (Å²) in [5.41, 5.74) is 1.49. The Morgan fingerprint density at radius 2 is 1.75 bits per heavy atom. The van der Waals surface area contributed by atoms with Gasteiger partial charge in [-0.25, -0.2) is 8.42 Å². The van der Waals surface area contributed by atoms with E-state index in [1.165, 1.54) is 19.1 Å². The number of sulfonamides is 1. The molecule has 0 radical (unpaired) electrons. The summed E-state index contributed by atoms with van der Waals surface area (Å²) in [6.07, 6.45) is 4.76. The Labute approximate surface area is 122 Å². The van der Waals surface area contributed by atoms with Gasteiger partial charge in [0, 0.05) is 6.04 Å². The smallest absolute Gasteiger partial charge is 0.229 e. The molecule has 5 heteroatoms. The van der Waals surface area contributed by atoms with Crippen LogP contribution in [0.1, 0.15) is 33.1 Å². The van der Waals surface area contributed by atoms with Crippen LogP contribution >= 0.6 is 0 Å². The van der Waals surface area contributed by atoms with Crippen molar-refractivity contribution in [2.45, 2.75) is 39.2 Å². The lowest BCUT2D eigenvalue weighted by Crippen LogP contribution is -2.33. The number of nitrogens with one attached hydrogen (secondary N) is 2. The van der Waals surface area contributed by atoms with Crippen LogP contribution in [0.4, 0.5) is 11.4 Å². The SMILES string of the molecule is CC1CCC(Nc2ccccc2NS(C)(=O)=O)C(C)C1. The summed E-state index contributed by atoms with van der Waals surface area (Å²) in [6.45, 7) is 4.56. The topological polar surface area (TPSA) is 58.2 Å². The Hall–Kier alpha value is -1.23. The predicted molar refractivity (Wildman–Crippen MR) is 84.5 cm³/mol. The molecule has 0 spiro atoms. The lowest BCUT2D eigenvalue weighted by atomic mass is 9.80. The average Bonchev–Trinajstić information content (AvgIpc) is 2.33. The van der Waals surface area contributed by atoms with Gasteiger partial charge in [-0.3, -0.25) is 4.72 Å². The molecule has 0 amide bonds. The van der Waals surface area contributed by atoms with Gasteiger partial charge < -0.3 is 5.32 Å². The second kappa shape index (κ2) is 6.04. The summed E-state index contributed by atoms with van der Waals surface area (Å²) in [6, 6.07) is 7.89. The van der Waals surface area contributed by atoms with E-state index in [1.807, 2.05) is 18.2 Å². The molecule has 112 valence electrons. The largest absolute Gasteiger partial charge is 0.380 e. The maximum absolute atomic E-state index is 11.4. The van der Waals surface area contributed by atoms with Gasteiger partial charge in [0.2, 0.25) is 10.0 Å². The van der Waals surface area contributed by atoms with Crippen molar-refractivity contribution in [3.63, 3.8) is 0 Å². The Morgan fingerprint density at radius 3 is 2.35 bits per heavy atom. The minimum Gasteiger partial charge on any atom is -0.380 e. The van der Waals surface area contributed by atoms with Crippen molar-refractivity contribution in [3.05, 3.63) is 24.3 Å². The first-order chi connectivity index (χ1) is 9.35. The Morgan fingerprint density at radius 1 is 1.10 bits per heavy atom. The molecular formula is C15H24N2O2S. The lowest BCUT2D eigenvalue weighted by molar-refractivity contribution is 0.276. The molecule has 1 aliphatic rings. The van der Waals surface area contributed by atoms with Gasteiger partial charge in [-0.1, -0.05) is 26.0 Å². The predicted octanol–water partition coefficient (Wildman–Crippen LogP) is 3.29. The minimum absolute atomic E-state index is 0.411. The summed E-state index contributed by atoms with van der Waals surface area (Å²) >= 11 is 0. The molecule has 3 unspecified atom stereocenters. The number of para-hydroxylation sites is 2. The molecule has 0 aromatic heterocycles. The molecule has 1 aliphatic carbocycles. The monoisotopic (exact) mass is 296 g/mol. The van der Waals surface area contributed by atoms with E-state index in [4.69, 9.17) is 0 Å². The van der Waals surface area contributed by atoms with Crippen molar-refractivity contribution in [2.75, 3.05) is 16.3 Å². The number of rotatable bonds is 4. The molecule has 2 N–H and O–H groups in total. The van der Waals surface area contributed by atoms with E-state index in [9.17, 15) is 8.42 Å². The van der Waals surface area contributed by atoms with Crippen molar-refractivity contribution in [1.82, 2.24) is 0 Å². The van der Waals surface area contributed by atoms with Gasteiger partial charge in [-0.2, -0.15) is 0 Å². The van der Waals surface area contributed by atoms with Crippen LogP contribution in [0.2, 0.25) is 0 Å². The molecule has 0 bridgehead atoms. The molecular weight excluding hydrogens is 272 g/mol. The van der Waals surface area contributed by atoms with Crippen LogP contribution in [0.5, 0.6) is 0 Å². The van der Waals surface area contributed by atoms with E-state index < -0.39 is 10.0 Å². The number of hydrogen-bond donors (Lipinski definition) is 2. The maximum Gasteiger partial charge on any atom is 0.229 e. The normalized spacial score (nSPS) is 27.1. The molecule has 1 aromatic carbocycles. The molecule has 0 saturated heterocycles. The molecule has 3 atom stereocenters. The van der Waals surface area contributed by atoms with Gasteiger partial charge in [-0.05, 0) is 43.2 Å². The summed E-state index contributed by atoms with van der Waals surface area (Å²) in [5.74, 6) is 1.39. The first-order valence-electron chi connectivity index (χ1n) is 7.18. The van der Waals surface area contributed by atoms with Crippen LogP contribution < -0.4 is 10.0 Å². The van der Waals surface area contributed by atoms with Crippen molar-refractivity contribution < 1.29 is 8.42 Å². The van der Waals surface area contributed by atoms with E-state index in [2.05, 4.69) is 23.9 Å². The van der Waals surface area contributed by atoms with E-state index in [-0.39, 0.29) is 0 Å². The fraction of sp³-hybridized carbons (Fsp3) is 0.600. The second-order valence-corrected chi connectivity index (χ2v) is 7.81. The lowest BCUT2D eigenvalue weighted by Gasteiger charge is -2.34. The van der Waals surface area contributed by atoms with Crippen molar-refractivity contribution in [2.24, 2.45) is 11.8 Å². The molecule has 4 nitrogen and oxygen atoms in total. The van der Waals surface area contributed by atoms with Crippen molar-refractivity contribution >= 4 is 21.4 Å². The second-order valence-electron chi connectivity index (χ2n) is 6.07. The van der Waals surface area contributed by atoms with Gasteiger partial charge in [-0.15, -0.1) is 0 Å². The highest BCUT2D eigenvalue weighted by atomic mass is 32.2. The molecule has 0 heterocycles. The van der Waals surface area contributed by atoms with E-state index in [1.54, 1.807) is 6.07 Å². The average molecular weight is 296 g/mol. The van der Waals surface area contributed by atoms with E-state index >= 15 is 0 Å². The van der Waals surface area contributed by atoms with Crippen molar-refractivity contribution in [1.29, 1.82) is 0 Å². The van der Waals surface area contributed by atoms with Crippen LogP contribution in [-0.4, -0.2) is 20.7 Å². The van der Waals surface area contributed by atoms with Crippen LogP contribution in [0, 0.1) is 11.8 Å². The highest BCUT2D eigenvalue weighted by Gasteiger charge is 2.25. The Bertz CT molecular complexity index is 557. The van der Waals surface area contributed by atoms with Gasteiger partial charge in [0.1, 0.15) is 0 Å². The summed E-state index contributed by atoms with van der Waals surface area (Å²) in [4.78, 5) is 0. The zero-order valence-electron chi connectivity index (χ0n) is 12.4. The third-order valence-electron chi connectivity index (χ3n) is 3.99. The molecule has 20 heavy (non-hydrogen) atoms. The van der Waals surface area contributed by atoms with E-state index in [0.717, 1.165) is 18.0 Å². The highest BCUT2D eigenvalue weighted by Crippen LogP contribution is 2.32. The van der Waals surface area contributed by atoms with E-state index in [0.29, 0.717) is 17.6 Å². The third-order valence-corrected chi connectivity index (χ3v) is 4.59. The zero-order valence-corrected chi connectivity index (χ0v) is 13.2. The minimum atomic E-state index is -3.25. The van der Waals surface area contributed by atoms with Crippen LogP contribution in [0.25, 0.3) is 0 Å². The summed E-state index contributed by atoms with van der Waals surface area (Å²) in [7, 11) is -3.25. The number of hydrogen-bond acceptors (Lipinski definition) is 3. The van der Waals surface area contributed by atoms with Crippen LogP contribution in [-0.2, 0) is 10.0 Å². The maximum atomic E-state index is 11.4.